The minimum absolute atomic E-state index is 0.247. The topological polar surface area (TPSA) is 189 Å². The van der Waals surface area contributed by atoms with Crippen LogP contribution < -0.4 is 5.32 Å². The lowest BCUT2D eigenvalue weighted by molar-refractivity contribution is -0.303. The Balaban J connectivity index is 2.27. The highest BCUT2D eigenvalue weighted by atomic mass is 16.7. The van der Waals surface area contributed by atoms with Crippen LogP contribution in [0.3, 0.4) is 0 Å². The Hall–Kier alpha value is -1.67. The average Bonchev–Trinajstić information content (AvgIpc) is 3.42. The van der Waals surface area contributed by atoms with Crippen LogP contribution in [0.2, 0.25) is 0 Å². The summed E-state index contributed by atoms with van der Waals surface area (Å²) in [5.41, 5.74) is 0. The molecule has 0 aromatic carbocycles. The monoisotopic (exact) mass is 1080 g/mol. The van der Waals surface area contributed by atoms with E-state index in [-0.39, 0.29) is 12.8 Å². The summed E-state index contributed by atoms with van der Waals surface area (Å²) in [7, 11) is 0. The van der Waals surface area contributed by atoms with Crippen molar-refractivity contribution < 1.29 is 50.0 Å². The Morgan fingerprint density at radius 1 is 0.447 bits per heavy atom. The van der Waals surface area contributed by atoms with Crippen LogP contribution in [0.1, 0.15) is 303 Å². The maximum atomic E-state index is 13.2. The van der Waals surface area contributed by atoms with Gasteiger partial charge in [-0.15, -0.1) is 0 Å². The summed E-state index contributed by atoms with van der Waals surface area (Å²) in [6, 6.07) is -1.19. The van der Waals surface area contributed by atoms with E-state index in [0.717, 1.165) is 38.5 Å². The van der Waals surface area contributed by atoms with Gasteiger partial charge in [0, 0.05) is 0 Å². The zero-order chi connectivity index (χ0) is 55.4. The fourth-order valence-electron chi connectivity index (χ4n) is 10.4. The lowest BCUT2D eigenvalue weighted by atomic mass is 9.98. The molecule has 0 radical (unpaired) electrons. The predicted octanol–water partition coefficient (Wildman–Crippen LogP) is 14.6. The van der Waals surface area contributed by atoms with Gasteiger partial charge in [0.15, 0.2) is 6.29 Å². The third-order valence-electron chi connectivity index (χ3n) is 15.6. The van der Waals surface area contributed by atoms with E-state index in [2.05, 4.69) is 55.6 Å². The Bertz CT molecular complexity index is 1330. The van der Waals surface area contributed by atoms with Crippen LogP contribution in [0.4, 0.5) is 0 Å². The van der Waals surface area contributed by atoms with Gasteiger partial charge in [-0.2, -0.15) is 0 Å². The number of aliphatic hydroxyl groups is 7. The normalized spacial score (nSPS) is 19.8. The molecule has 9 atom stereocenters. The molecular formula is C65H123NO10. The molecule has 0 aromatic heterocycles. The highest BCUT2D eigenvalue weighted by Gasteiger charge is 2.44. The van der Waals surface area contributed by atoms with Crippen LogP contribution in [0.5, 0.6) is 0 Å². The largest absolute Gasteiger partial charge is 0.394 e. The maximum absolute atomic E-state index is 13.2. The molecule has 9 unspecified atom stereocenters. The second-order valence-corrected chi connectivity index (χ2v) is 22.8. The molecule has 11 nitrogen and oxygen atoms in total. The fraction of sp³-hybridized carbons (Fsp3) is 0.892. The molecule has 1 saturated heterocycles. The number of aliphatic hydroxyl groups excluding tert-OH is 7. The number of rotatable bonds is 56. The number of carbonyl (C=O) groups is 1. The summed E-state index contributed by atoms with van der Waals surface area (Å²) in [5.74, 6) is -0.708. The molecule has 11 heteroatoms. The summed E-state index contributed by atoms with van der Waals surface area (Å²) >= 11 is 0. The molecule has 1 aliphatic heterocycles. The highest BCUT2D eigenvalue weighted by Crippen LogP contribution is 2.23. The fourth-order valence-corrected chi connectivity index (χ4v) is 10.4. The van der Waals surface area contributed by atoms with Gasteiger partial charge in [-0.3, -0.25) is 4.79 Å². The first-order valence-corrected chi connectivity index (χ1v) is 32.4. The minimum atomic E-state index is -1.67. The lowest BCUT2D eigenvalue weighted by Gasteiger charge is -2.40. The van der Waals surface area contributed by atoms with Gasteiger partial charge in [-0.1, -0.05) is 262 Å². The van der Waals surface area contributed by atoms with Gasteiger partial charge in [0.25, 0.3) is 0 Å². The van der Waals surface area contributed by atoms with Crippen LogP contribution in [-0.4, -0.2) is 110 Å². The van der Waals surface area contributed by atoms with Crippen LogP contribution in [0.25, 0.3) is 0 Å². The van der Waals surface area contributed by atoms with E-state index >= 15 is 0 Å². The van der Waals surface area contributed by atoms with Crippen molar-refractivity contribution in [1.29, 1.82) is 0 Å². The van der Waals surface area contributed by atoms with Crippen molar-refractivity contribution in [3.63, 3.8) is 0 Å². The van der Waals surface area contributed by atoms with Gasteiger partial charge in [0.2, 0.25) is 5.91 Å². The summed E-state index contributed by atoms with van der Waals surface area (Å²) in [5, 5.41) is 76.3. The Kier molecular flexibility index (Phi) is 51.3. The number of nitrogens with one attached hydrogen (secondary N) is 1. The van der Waals surface area contributed by atoms with Crippen molar-refractivity contribution in [1.82, 2.24) is 5.32 Å². The van der Waals surface area contributed by atoms with E-state index in [1.165, 1.54) is 218 Å². The number of hydrogen-bond acceptors (Lipinski definition) is 10. The molecule has 76 heavy (non-hydrogen) atoms. The first-order valence-electron chi connectivity index (χ1n) is 32.4. The van der Waals surface area contributed by atoms with Gasteiger partial charge in [0.1, 0.15) is 36.6 Å². The molecule has 1 heterocycles. The molecule has 1 rings (SSSR count). The zero-order valence-electron chi connectivity index (χ0n) is 49.2. The number of ether oxygens (including phenoxy) is 2. The molecule has 0 aromatic rings. The summed E-state index contributed by atoms with van der Waals surface area (Å²) in [6.07, 6.45) is 56.4. The summed E-state index contributed by atoms with van der Waals surface area (Å²) in [6.45, 7) is 3.48. The van der Waals surface area contributed by atoms with Gasteiger partial charge in [-0.25, -0.2) is 0 Å². The van der Waals surface area contributed by atoms with Crippen molar-refractivity contribution in [3.05, 3.63) is 36.5 Å². The first kappa shape index (κ1) is 72.3. The third kappa shape index (κ3) is 41.4. The van der Waals surface area contributed by atoms with E-state index in [1.54, 1.807) is 0 Å². The Morgan fingerprint density at radius 2 is 0.789 bits per heavy atom. The van der Waals surface area contributed by atoms with Gasteiger partial charge >= 0.3 is 0 Å². The van der Waals surface area contributed by atoms with E-state index in [1.807, 2.05) is 0 Å². The van der Waals surface area contributed by atoms with Crippen molar-refractivity contribution in [2.24, 2.45) is 0 Å². The maximum Gasteiger partial charge on any atom is 0.249 e. The van der Waals surface area contributed by atoms with Crippen molar-refractivity contribution in [2.45, 2.75) is 358 Å². The molecule has 0 saturated carbocycles. The minimum Gasteiger partial charge on any atom is -0.394 e. The first-order chi connectivity index (χ1) is 37.2. The number of carbonyl (C=O) groups excluding carboxylic acids is 1. The smallest absolute Gasteiger partial charge is 0.249 e. The van der Waals surface area contributed by atoms with Crippen LogP contribution >= 0.6 is 0 Å². The summed E-state index contributed by atoms with van der Waals surface area (Å²) < 4.78 is 11.2. The Labute approximate surface area is 467 Å². The third-order valence-corrected chi connectivity index (χ3v) is 15.6. The molecule has 0 bridgehead atoms. The highest BCUT2D eigenvalue weighted by molar-refractivity contribution is 5.80. The molecule has 0 spiro atoms. The number of hydrogen-bond donors (Lipinski definition) is 8. The number of unbranched alkanes of at least 4 members (excludes halogenated alkanes) is 38. The molecule has 0 aliphatic carbocycles. The molecule has 8 N–H and O–H groups in total. The van der Waals surface area contributed by atoms with E-state index in [9.17, 15) is 40.5 Å². The van der Waals surface area contributed by atoms with Gasteiger partial charge in [-0.05, 0) is 77.0 Å². The standard InChI is InChI=1S/C65H123NO10/c1-3-5-7-9-11-13-15-17-19-21-23-25-27-28-29-30-31-33-35-37-39-41-43-45-47-49-51-53-58(69)64(74)66-56(55-75-65-63(73)62(72)61(71)59(54-67)76-65)60(70)57(68)52-50-48-46-44-42-40-38-36-34-32-26-24-22-20-18-16-14-12-10-8-6-4-2/h28-29,36,38,44,46,56-63,65,67-73H,3-27,30-35,37,39-43,45,47-55H2,1-2H3,(H,66,74)/b29-28-,38-36+,46-44+. The molecule has 448 valence electrons. The predicted molar refractivity (Wildman–Crippen MR) is 316 cm³/mol. The second kappa shape index (κ2) is 53.9. The van der Waals surface area contributed by atoms with E-state index in [0.29, 0.717) is 19.3 Å². The van der Waals surface area contributed by atoms with Gasteiger partial charge in [0.05, 0.1) is 25.4 Å². The SMILES string of the molecule is CCCCCCCCCCCCCC/C=C\CCCCCCCCCCCCCC(O)C(=O)NC(COC1OC(CO)C(O)C(O)C1O)C(O)C(O)CCC/C=C/CC/C=C/CCCCCCCCCCCCCCC. The van der Waals surface area contributed by atoms with Crippen LogP contribution in [0, 0.1) is 0 Å². The van der Waals surface area contributed by atoms with Crippen molar-refractivity contribution >= 4 is 5.91 Å². The van der Waals surface area contributed by atoms with Crippen LogP contribution in [-0.2, 0) is 14.3 Å². The van der Waals surface area contributed by atoms with E-state index < -0.39 is 74.2 Å². The van der Waals surface area contributed by atoms with E-state index in [4.69, 9.17) is 9.47 Å². The number of amides is 1. The summed E-state index contributed by atoms with van der Waals surface area (Å²) in [4.78, 5) is 13.2. The quantitative estimate of drug-likeness (QED) is 0.0215. The lowest BCUT2D eigenvalue weighted by Crippen LogP contribution is -2.60. The zero-order valence-corrected chi connectivity index (χ0v) is 49.2. The van der Waals surface area contributed by atoms with Crippen LogP contribution in [0.15, 0.2) is 36.5 Å². The van der Waals surface area contributed by atoms with Crippen molar-refractivity contribution in [3.8, 4) is 0 Å². The van der Waals surface area contributed by atoms with Crippen molar-refractivity contribution in [2.75, 3.05) is 13.2 Å². The van der Waals surface area contributed by atoms with Gasteiger partial charge < -0.3 is 50.5 Å². The average molecular weight is 1080 g/mol. The number of allylic oxidation sites excluding steroid dienone is 6. The second-order valence-electron chi connectivity index (χ2n) is 22.8. The molecule has 1 aliphatic rings. The molecule has 1 amide bonds. The molecular weight excluding hydrogens is 955 g/mol. The Morgan fingerprint density at radius 3 is 1.17 bits per heavy atom. The molecule has 1 fully saturated rings.